The van der Waals surface area contributed by atoms with Crippen LogP contribution in [-0.4, -0.2) is 28.6 Å². The summed E-state index contributed by atoms with van der Waals surface area (Å²) < 4.78 is 10.6. The molecule has 1 aromatic heterocycles. The molecule has 8 nitrogen and oxygen atoms in total. The largest absolute Gasteiger partial charge is 0.461 e. The predicted octanol–water partition coefficient (Wildman–Crippen LogP) is 5.30. The minimum atomic E-state index is -0.845. The lowest BCUT2D eigenvalue weighted by Crippen LogP contribution is -2.32. The first-order chi connectivity index (χ1) is 16.5. The van der Waals surface area contributed by atoms with Gasteiger partial charge >= 0.3 is 12.1 Å². The van der Waals surface area contributed by atoms with E-state index in [9.17, 15) is 9.59 Å². The van der Waals surface area contributed by atoms with E-state index in [4.69, 9.17) is 26.3 Å². The quantitative estimate of drug-likeness (QED) is 0.300. The average Bonchev–Trinajstić information content (AvgIpc) is 3.24. The van der Waals surface area contributed by atoms with Gasteiger partial charge < -0.3 is 19.8 Å². The number of alkyl carbamates (subject to hydrolysis) is 1. The van der Waals surface area contributed by atoms with Crippen LogP contribution < -0.4 is 5.32 Å². The van der Waals surface area contributed by atoms with Gasteiger partial charge in [-0.05, 0) is 24.1 Å². The lowest BCUT2D eigenvalue weighted by atomic mass is 10.1. The number of carbonyl (C=O) groups excluding carboxylic acids is 2. The Labute approximate surface area is 202 Å². The molecule has 2 aromatic carbocycles. The van der Waals surface area contributed by atoms with E-state index in [0.29, 0.717) is 16.8 Å². The first-order valence-corrected chi connectivity index (χ1v) is 11.3. The number of hydrogen-bond donors (Lipinski definition) is 2. The summed E-state index contributed by atoms with van der Waals surface area (Å²) in [7, 11) is 0. The van der Waals surface area contributed by atoms with Gasteiger partial charge in [0.1, 0.15) is 29.3 Å². The molecule has 0 saturated carbocycles. The number of nitriles is 1. The number of rotatable bonds is 10. The normalized spacial score (nSPS) is 11.3. The van der Waals surface area contributed by atoms with Gasteiger partial charge in [0.25, 0.3) is 0 Å². The molecule has 0 aliphatic heterocycles. The van der Waals surface area contributed by atoms with Gasteiger partial charge in [-0.1, -0.05) is 67.4 Å². The maximum Gasteiger partial charge on any atom is 0.407 e. The van der Waals surface area contributed by atoms with E-state index >= 15 is 0 Å². The fourth-order valence-electron chi connectivity index (χ4n) is 3.10. The summed E-state index contributed by atoms with van der Waals surface area (Å²) in [6, 6.07) is 17.3. The Bertz CT molecular complexity index is 1140. The maximum atomic E-state index is 12.6. The Hall–Kier alpha value is -3.83. The van der Waals surface area contributed by atoms with Crippen LogP contribution in [0.4, 0.5) is 4.79 Å². The van der Waals surface area contributed by atoms with E-state index in [1.165, 1.54) is 0 Å². The second kappa shape index (κ2) is 12.4. The number of amides is 1. The Kier molecular flexibility index (Phi) is 9.06. The van der Waals surface area contributed by atoms with Crippen LogP contribution in [0.5, 0.6) is 0 Å². The van der Waals surface area contributed by atoms with Gasteiger partial charge in [-0.25, -0.2) is 9.78 Å². The van der Waals surface area contributed by atoms with Crippen LogP contribution in [0.3, 0.4) is 0 Å². The number of benzene rings is 2. The number of carbonyl (C=O) groups is 2. The first kappa shape index (κ1) is 24.8. The zero-order chi connectivity index (χ0) is 24.3. The number of aromatic amines is 1. The standard InChI is InChI=1S/C25H25ClN4O4/c1-2-3-13-33-25(32)28-20(14-21(31)34-16-18-7-5-4-6-8-18)24-29-22(23(26)30-24)19-11-9-17(15-27)10-12-19/h4-12,20H,2-3,13-14,16H2,1H3,(H,28,32)(H,29,30). The van der Waals surface area contributed by atoms with E-state index in [1.54, 1.807) is 24.3 Å². The molecule has 2 N–H and O–H groups in total. The first-order valence-electron chi connectivity index (χ1n) is 10.9. The minimum Gasteiger partial charge on any atom is -0.461 e. The number of halogens is 1. The number of nitrogens with zero attached hydrogens (tertiary/aromatic N) is 2. The van der Waals surface area contributed by atoms with E-state index < -0.39 is 18.1 Å². The van der Waals surface area contributed by atoms with Crippen LogP contribution in [0.25, 0.3) is 11.3 Å². The van der Waals surface area contributed by atoms with Crippen molar-refractivity contribution in [2.75, 3.05) is 6.61 Å². The Balaban J connectivity index is 1.76. The third-order valence-electron chi connectivity index (χ3n) is 4.93. The van der Waals surface area contributed by atoms with Crippen molar-refractivity contribution in [1.82, 2.24) is 15.3 Å². The van der Waals surface area contributed by atoms with Crippen molar-refractivity contribution < 1.29 is 19.1 Å². The number of imidazole rings is 1. The second-order valence-corrected chi connectivity index (χ2v) is 7.89. The summed E-state index contributed by atoms with van der Waals surface area (Å²) in [6.45, 7) is 2.37. The molecule has 1 unspecified atom stereocenters. The molecule has 1 heterocycles. The Morgan fingerprint density at radius 2 is 1.88 bits per heavy atom. The van der Waals surface area contributed by atoms with Crippen molar-refractivity contribution in [1.29, 1.82) is 5.26 Å². The van der Waals surface area contributed by atoms with Crippen molar-refractivity contribution in [2.24, 2.45) is 0 Å². The van der Waals surface area contributed by atoms with Crippen molar-refractivity contribution in [2.45, 2.75) is 38.8 Å². The second-order valence-electron chi connectivity index (χ2n) is 7.51. The van der Waals surface area contributed by atoms with Gasteiger partial charge in [-0.2, -0.15) is 5.26 Å². The fourth-order valence-corrected chi connectivity index (χ4v) is 3.35. The summed E-state index contributed by atoms with van der Waals surface area (Å²) in [5.74, 6) is -0.233. The topological polar surface area (TPSA) is 117 Å². The fraction of sp³-hybridized carbons (Fsp3) is 0.280. The van der Waals surface area contributed by atoms with Crippen LogP contribution in [-0.2, 0) is 20.9 Å². The third kappa shape index (κ3) is 7.09. The molecule has 176 valence electrons. The molecular weight excluding hydrogens is 456 g/mol. The minimum absolute atomic E-state index is 0.114. The highest BCUT2D eigenvalue weighted by Gasteiger charge is 2.25. The number of aromatic nitrogens is 2. The van der Waals surface area contributed by atoms with E-state index in [2.05, 4.69) is 21.4 Å². The summed E-state index contributed by atoms with van der Waals surface area (Å²) in [5.41, 5.74) is 2.47. The predicted molar refractivity (Wildman–Crippen MR) is 127 cm³/mol. The van der Waals surface area contributed by atoms with Gasteiger partial charge in [-0.15, -0.1) is 0 Å². The van der Waals surface area contributed by atoms with Gasteiger partial charge in [0.15, 0.2) is 0 Å². The summed E-state index contributed by atoms with van der Waals surface area (Å²) >= 11 is 6.37. The highest BCUT2D eigenvalue weighted by atomic mass is 35.5. The van der Waals surface area contributed by atoms with Crippen LogP contribution in [0.15, 0.2) is 54.6 Å². The van der Waals surface area contributed by atoms with Crippen molar-refractivity contribution >= 4 is 23.7 Å². The number of hydrogen-bond acceptors (Lipinski definition) is 6. The molecule has 3 aromatic rings. The van der Waals surface area contributed by atoms with Gasteiger partial charge in [-0.3, -0.25) is 4.79 Å². The lowest BCUT2D eigenvalue weighted by Gasteiger charge is -2.16. The Morgan fingerprint density at radius 1 is 1.15 bits per heavy atom. The molecule has 0 saturated heterocycles. The molecular formula is C25H25ClN4O4. The number of nitrogens with one attached hydrogen (secondary N) is 2. The molecule has 0 fully saturated rings. The van der Waals surface area contributed by atoms with Crippen LogP contribution in [0.2, 0.25) is 5.15 Å². The molecule has 34 heavy (non-hydrogen) atoms. The molecule has 9 heteroatoms. The zero-order valence-corrected chi connectivity index (χ0v) is 19.5. The number of unbranched alkanes of at least 4 members (excludes halogenated alkanes) is 1. The molecule has 1 amide bonds. The van der Waals surface area contributed by atoms with Crippen molar-refractivity contribution in [3.05, 3.63) is 76.7 Å². The lowest BCUT2D eigenvalue weighted by molar-refractivity contribution is -0.145. The summed E-state index contributed by atoms with van der Waals surface area (Å²) in [5, 5.41) is 11.9. The molecule has 0 radical (unpaired) electrons. The summed E-state index contributed by atoms with van der Waals surface area (Å²) in [4.78, 5) is 32.3. The van der Waals surface area contributed by atoms with E-state index in [0.717, 1.165) is 18.4 Å². The van der Waals surface area contributed by atoms with E-state index in [-0.39, 0.29) is 30.6 Å². The molecule has 0 bridgehead atoms. The maximum absolute atomic E-state index is 12.6. The van der Waals surface area contributed by atoms with Gasteiger partial charge in [0, 0.05) is 5.56 Å². The molecule has 1 atom stereocenters. The Morgan fingerprint density at radius 3 is 2.56 bits per heavy atom. The molecule has 0 aliphatic carbocycles. The smallest absolute Gasteiger partial charge is 0.407 e. The summed E-state index contributed by atoms with van der Waals surface area (Å²) in [6.07, 6.45) is 0.769. The third-order valence-corrected chi connectivity index (χ3v) is 5.21. The van der Waals surface area contributed by atoms with Crippen LogP contribution in [0.1, 0.15) is 49.2 Å². The number of H-pyrrole nitrogens is 1. The molecule has 0 spiro atoms. The van der Waals surface area contributed by atoms with E-state index in [1.807, 2.05) is 37.3 Å². The van der Waals surface area contributed by atoms with Crippen molar-refractivity contribution in [3.63, 3.8) is 0 Å². The van der Waals surface area contributed by atoms with Crippen LogP contribution in [0, 0.1) is 11.3 Å². The highest BCUT2D eigenvalue weighted by Crippen LogP contribution is 2.28. The molecule has 3 rings (SSSR count). The van der Waals surface area contributed by atoms with Crippen LogP contribution >= 0.6 is 11.6 Å². The molecule has 0 aliphatic rings. The zero-order valence-electron chi connectivity index (χ0n) is 18.7. The highest BCUT2D eigenvalue weighted by molar-refractivity contribution is 6.31. The van der Waals surface area contributed by atoms with Gasteiger partial charge in [0.05, 0.1) is 24.7 Å². The number of ether oxygens (including phenoxy) is 2. The van der Waals surface area contributed by atoms with Gasteiger partial charge in [0.2, 0.25) is 0 Å². The van der Waals surface area contributed by atoms with Crippen molar-refractivity contribution in [3.8, 4) is 17.3 Å². The number of esters is 1. The average molecular weight is 481 g/mol. The SMILES string of the molecule is CCCCOC(=O)NC(CC(=O)OCc1ccccc1)c1nc(-c2ccc(C#N)cc2)c(Cl)[nH]1. The monoisotopic (exact) mass is 480 g/mol.